The zero-order valence-electron chi connectivity index (χ0n) is 11.6. The predicted octanol–water partition coefficient (Wildman–Crippen LogP) is 2.47. The number of hydrogen-bond acceptors (Lipinski definition) is 4. The van der Waals surface area contributed by atoms with Crippen molar-refractivity contribution in [2.75, 3.05) is 19.0 Å². The van der Waals surface area contributed by atoms with Gasteiger partial charge in [-0.2, -0.15) is 0 Å². The van der Waals surface area contributed by atoms with Crippen molar-refractivity contribution in [2.45, 2.75) is 6.54 Å². The number of carbonyl (C=O) groups is 1. The van der Waals surface area contributed by atoms with E-state index in [4.69, 9.17) is 16.3 Å². The summed E-state index contributed by atoms with van der Waals surface area (Å²) in [7, 11) is 1.85. The molecule has 0 fully saturated rings. The maximum Gasteiger partial charge on any atom is 0.262 e. The third kappa shape index (κ3) is 5.06. The van der Waals surface area contributed by atoms with E-state index in [0.29, 0.717) is 23.0 Å². The molecule has 21 heavy (non-hydrogen) atoms. The van der Waals surface area contributed by atoms with E-state index in [-0.39, 0.29) is 12.5 Å². The lowest BCUT2D eigenvalue weighted by molar-refractivity contribution is -0.118. The quantitative estimate of drug-likeness (QED) is 0.860. The van der Waals surface area contributed by atoms with Crippen LogP contribution in [0.1, 0.15) is 5.69 Å². The molecule has 2 rings (SSSR count). The number of pyridine rings is 1. The summed E-state index contributed by atoms with van der Waals surface area (Å²) in [5, 5.41) is 6.35. The summed E-state index contributed by atoms with van der Waals surface area (Å²) in [5.41, 5.74) is 1.59. The third-order valence-electron chi connectivity index (χ3n) is 2.65. The number of rotatable bonds is 6. The molecule has 1 aromatic heterocycles. The molecule has 0 aliphatic carbocycles. The highest BCUT2D eigenvalue weighted by molar-refractivity contribution is 6.30. The van der Waals surface area contributed by atoms with Crippen molar-refractivity contribution in [1.82, 2.24) is 10.3 Å². The highest BCUT2D eigenvalue weighted by Gasteiger charge is 2.04. The fourth-order valence-electron chi connectivity index (χ4n) is 1.66. The highest BCUT2D eigenvalue weighted by atomic mass is 35.5. The van der Waals surface area contributed by atoms with Crippen LogP contribution in [0.3, 0.4) is 0 Å². The lowest BCUT2D eigenvalue weighted by atomic mass is 10.3. The Morgan fingerprint density at radius 3 is 2.62 bits per heavy atom. The molecule has 0 saturated heterocycles. The van der Waals surface area contributed by atoms with Gasteiger partial charge in [-0.15, -0.1) is 0 Å². The van der Waals surface area contributed by atoms with Gasteiger partial charge in [0.2, 0.25) is 0 Å². The first-order chi connectivity index (χ1) is 10.2. The first-order valence-electron chi connectivity index (χ1n) is 6.45. The number of benzene rings is 1. The Bertz CT molecular complexity index is 585. The minimum atomic E-state index is -0.239. The Balaban J connectivity index is 1.81. The summed E-state index contributed by atoms with van der Waals surface area (Å²) in [6, 6.07) is 10.5. The number of halogens is 1. The van der Waals surface area contributed by atoms with Crippen LogP contribution in [0.25, 0.3) is 0 Å². The number of hydrogen-bond donors (Lipinski definition) is 2. The summed E-state index contributed by atoms with van der Waals surface area (Å²) >= 11 is 5.78. The smallest absolute Gasteiger partial charge is 0.262 e. The van der Waals surface area contributed by atoms with E-state index in [9.17, 15) is 4.79 Å². The Morgan fingerprint density at radius 1 is 1.24 bits per heavy atom. The van der Waals surface area contributed by atoms with E-state index in [0.717, 1.165) is 5.69 Å². The van der Waals surface area contributed by atoms with Gasteiger partial charge in [-0.3, -0.25) is 9.78 Å². The van der Waals surface area contributed by atoms with Crippen LogP contribution in [-0.4, -0.2) is 24.5 Å². The van der Waals surface area contributed by atoms with E-state index in [1.165, 1.54) is 0 Å². The molecule has 0 aliphatic rings. The molecule has 1 heterocycles. The number of ether oxygens (including phenoxy) is 1. The van der Waals surface area contributed by atoms with Crippen molar-refractivity contribution in [3.63, 3.8) is 0 Å². The second-order valence-corrected chi connectivity index (χ2v) is 4.80. The SMILES string of the molecule is CNCc1ccc(OCC(=O)Nc2ccc(Cl)cc2)cn1. The standard InChI is InChI=1S/C15H16ClN3O2/c1-17-8-13-6-7-14(9-18-13)21-10-15(20)19-12-4-2-11(16)3-5-12/h2-7,9,17H,8,10H2,1H3,(H,19,20). The average Bonchev–Trinajstić information content (AvgIpc) is 2.49. The molecule has 0 saturated carbocycles. The second-order valence-electron chi connectivity index (χ2n) is 4.36. The maximum absolute atomic E-state index is 11.7. The Morgan fingerprint density at radius 2 is 2.00 bits per heavy atom. The first-order valence-corrected chi connectivity index (χ1v) is 6.83. The molecule has 2 aromatic rings. The van der Waals surface area contributed by atoms with Gasteiger partial charge in [0.25, 0.3) is 5.91 Å². The first kappa shape index (κ1) is 15.3. The monoisotopic (exact) mass is 305 g/mol. The molecular formula is C15H16ClN3O2. The van der Waals surface area contributed by atoms with E-state index >= 15 is 0 Å². The van der Waals surface area contributed by atoms with E-state index in [2.05, 4.69) is 15.6 Å². The molecule has 5 nitrogen and oxygen atoms in total. The number of nitrogens with zero attached hydrogens (tertiary/aromatic N) is 1. The molecule has 0 aliphatic heterocycles. The van der Waals surface area contributed by atoms with Crippen LogP contribution in [0.15, 0.2) is 42.6 Å². The van der Waals surface area contributed by atoms with Gasteiger partial charge in [0.05, 0.1) is 11.9 Å². The summed E-state index contributed by atoms with van der Waals surface area (Å²) < 4.78 is 5.38. The van der Waals surface area contributed by atoms with Crippen molar-refractivity contribution in [2.24, 2.45) is 0 Å². The van der Waals surface area contributed by atoms with Crippen molar-refractivity contribution in [1.29, 1.82) is 0 Å². The number of anilines is 1. The van der Waals surface area contributed by atoms with Gasteiger partial charge in [0, 0.05) is 17.3 Å². The summed E-state index contributed by atoms with van der Waals surface area (Å²) in [6.45, 7) is 0.618. The Labute approximate surface area is 128 Å². The average molecular weight is 306 g/mol. The van der Waals surface area contributed by atoms with Gasteiger partial charge in [0.15, 0.2) is 6.61 Å². The third-order valence-corrected chi connectivity index (χ3v) is 2.91. The van der Waals surface area contributed by atoms with Crippen LogP contribution < -0.4 is 15.4 Å². The molecule has 2 N–H and O–H groups in total. The molecule has 0 unspecified atom stereocenters. The van der Waals surface area contributed by atoms with Crippen molar-refractivity contribution in [3.05, 3.63) is 53.3 Å². The Hall–Kier alpha value is -2.11. The minimum absolute atomic E-state index is 0.0737. The molecule has 6 heteroatoms. The Kier molecular flexibility index (Phi) is 5.54. The lowest BCUT2D eigenvalue weighted by Crippen LogP contribution is -2.20. The van der Waals surface area contributed by atoms with Gasteiger partial charge in [-0.05, 0) is 43.4 Å². The molecule has 110 valence electrons. The van der Waals surface area contributed by atoms with Crippen molar-refractivity contribution < 1.29 is 9.53 Å². The van der Waals surface area contributed by atoms with Crippen LogP contribution in [0, 0.1) is 0 Å². The molecule has 0 atom stereocenters. The molecule has 1 amide bonds. The number of carbonyl (C=O) groups excluding carboxylic acids is 1. The largest absolute Gasteiger partial charge is 0.482 e. The van der Waals surface area contributed by atoms with Crippen LogP contribution in [0.4, 0.5) is 5.69 Å². The topological polar surface area (TPSA) is 63.2 Å². The van der Waals surface area contributed by atoms with Gasteiger partial charge >= 0.3 is 0 Å². The fraction of sp³-hybridized carbons (Fsp3) is 0.200. The lowest BCUT2D eigenvalue weighted by Gasteiger charge is -2.08. The maximum atomic E-state index is 11.7. The summed E-state index contributed by atoms with van der Waals surface area (Å²) in [5.74, 6) is 0.317. The number of nitrogens with one attached hydrogen (secondary N) is 2. The van der Waals surface area contributed by atoms with E-state index in [1.54, 1.807) is 36.5 Å². The summed E-state index contributed by atoms with van der Waals surface area (Å²) in [4.78, 5) is 15.9. The van der Waals surface area contributed by atoms with Gasteiger partial charge in [-0.25, -0.2) is 0 Å². The van der Waals surface area contributed by atoms with Crippen LogP contribution in [-0.2, 0) is 11.3 Å². The van der Waals surface area contributed by atoms with Crippen LogP contribution >= 0.6 is 11.6 Å². The predicted molar refractivity (Wildman–Crippen MR) is 82.6 cm³/mol. The fourth-order valence-corrected chi connectivity index (χ4v) is 1.79. The zero-order chi connectivity index (χ0) is 15.1. The summed E-state index contributed by atoms with van der Waals surface area (Å²) in [6.07, 6.45) is 1.60. The molecule has 0 bridgehead atoms. The minimum Gasteiger partial charge on any atom is -0.482 e. The molecule has 0 spiro atoms. The second kappa shape index (κ2) is 7.61. The zero-order valence-corrected chi connectivity index (χ0v) is 12.4. The van der Waals surface area contributed by atoms with E-state index in [1.807, 2.05) is 13.1 Å². The van der Waals surface area contributed by atoms with E-state index < -0.39 is 0 Å². The highest BCUT2D eigenvalue weighted by Crippen LogP contribution is 2.13. The van der Waals surface area contributed by atoms with Gasteiger partial charge in [-0.1, -0.05) is 11.6 Å². The van der Waals surface area contributed by atoms with Crippen LogP contribution in [0.2, 0.25) is 5.02 Å². The van der Waals surface area contributed by atoms with Crippen LogP contribution in [0.5, 0.6) is 5.75 Å². The molecule has 0 radical (unpaired) electrons. The van der Waals surface area contributed by atoms with Crippen molar-refractivity contribution in [3.8, 4) is 5.75 Å². The number of aromatic nitrogens is 1. The van der Waals surface area contributed by atoms with Gasteiger partial charge in [0.1, 0.15) is 5.75 Å². The molecule has 1 aromatic carbocycles. The number of amides is 1. The normalized spacial score (nSPS) is 10.2. The molecular weight excluding hydrogens is 290 g/mol. The van der Waals surface area contributed by atoms with Crippen molar-refractivity contribution >= 4 is 23.2 Å². The van der Waals surface area contributed by atoms with Gasteiger partial charge < -0.3 is 15.4 Å².